The van der Waals surface area contributed by atoms with Crippen molar-refractivity contribution in [1.82, 2.24) is 0 Å². The maximum absolute atomic E-state index is 6.02. The van der Waals surface area contributed by atoms with Gasteiger partial charge in [0.25, 0.3) is 0 Å². The molecule has 0 aliphatic heterocycles. The van der Waals surface area contributed by atoms with Gasteiger partial charge >= 0.3 is 8.56 Å². The fourth-order valence-electron chi connectivity index (χ4n) is 1.11. The standard InChI is InChI=1S/C7H22O2Si3/c1-7-10-8-12(5,6)9-11(2,3)4/h7,10H2,1-6H3. The van der Waals surface area contributed by atoms with Gasteiger partial charge < -0.3 is 8.23 Å². The van der Waals surface area contributed by atoms with E-state index in [2.05, 4.69) is 39.7 Å². The van der Waals surface area contributed by atoms with Crippen molar-refractivity contribution < 1.29 is 8.23 Å². The van der Waals surface area contributed by atoms with Crippen molar-refractivity contribution >= 4 is 26.6 Å². The molecule has 0 aromatic carbocycles. The van der Waals surface area contributed by atoms with E-state index in [-0.39, 0.29) is 9.76 Å². The van der Waals surface area contributed by atoms with Crippen molar-refractivity contribution in [3.8, 4) is 0 Å². The van der Waals surface area contributed by atoms with Crippen LogP contribution in [-0.2, 0) is 8.23 Å². The summed E-state index contributed by atoms with van der Waals surface area (Å²) in [6, 6.07) is 1.21. The molecule has 0 bridgehead atoms. The SMILES string of the molecule is CC[SiH2]O[Si](C)(C)O[Si](C)(C)C. The van der Waals surface area contributed by atoms with Gasteiger partial charge in [0, 0.05) is 0 Å². The lowest BCUT2D eigenvalue weighted by atomic mass is 11.0. The van der Waals surface area contributed by atoms with E-state index in [1.165, 1.54) is 6.04 Å². The maximum Gasteiger partial charge on any atom is 0.310 e. The van der Waals surface area contributed by atoms with Crippen molar-refractivity contribution in [2.75, 3.05) is 0 Å². The van der Waals surface area contributed by atoms with Crippen molar-refractivity contribution in [2.24, 2.45) is 0 Å². The first kappa shape index (κ1) is 12.6. The smallest absolute Gasteiger partial charge is 0.310 e. The number of rotatable bonds is 5. The fraction of sp³-hybridized carbons (Fsp3) is 1.00. The Bertz CT molecular complexity index is 131. The highest BCUT2D eigenvalue weighted by Gasteiger charge is 2.30. The van der Waals surface area contributed by atoms with Crippen molar-refractivity contribution in [2.45, 2.75) is 45.7 Å². The Labute approximate surface area is 81.0 Å². The zero-order chi connectivity index (χ0) is 9.83. The van der Waals surface area contributed by atoms with Crippen LogP contribution in [-0.4, -0.2) is 26.6 Å². The van der Waals surface area contributed by atoms with E-state index in [9.17, 15) is 0 Å². The summed E-state index contributed by atoms with van der Waals surface area (Å²) < 4.78 is 11.9. The number of hydrogen-bond donors (Lipinski definition) is 0. The largest absolute Gasteiger partial charge is 0.442 e. The van der Waals surface area contributed by atoms with Crippen LogP contribution in [0.5, 0.6) is 0 Å². The zero-order valence-corrected chi connectivity index (χ0v) is 12.6. The van der Waals surface area contributed by atoms with Gasteiger partial charge in [0.05, 0.1) is 0 Å². The second-order valence-corrected chi connectivity index (χ2v) is 14.9. The molecular formula is C7H22O2Si3. The summed E-state index contributed by atoms with van der Waals surface area (Å²) in [5.74, 6) is 0. The third-order valence-corrected chi connectivity index (χ3v) is 9.63. The Hall–Kier alpha value is 0.571. The minimum Gasteiger partial charge on any atom is -0.442 e. The molecule has 0 saturated heterocycles. The van der Waals surface area contributed by atoms with Crippen LogP contribution in [0.2, 0.25) is 38.8 Å². The Morgan fingerprint density at radius 2 is 1.58 bits per heavy atom. The Kier molecular flexibility index (Phi) is 4.93. The molecule has 2 nitrogen and oxygen atoms in total. The molecule has 0 aliphatic rings. The van der Waals surface area contributed by atoms with Crippen LogP contribution in [0.15, 0.2) is 0 Å². The summed E-state index contributed by atoms with van der Waals surface area (Å²) >= 11 is 0. The summed E-state index contributed by atoms with van der Waals surface area (Å²) in [6.07, 6.45) is 0. The van der Waals surface area contributed by atoms with Crippen LogP contribution in [0.1, 0.15) is 6.92 Å². The average molecular weight is 223 g/mol. The Balaban J connectivity index is 3.86. The van der Waals surface area contributed by atoms with Crippen LogP contribution in [0.25, 0.3) is 0 Å². The zero-order valence-electron chi connectivity index (χ0n) is 9.23. The molecule has 0 atom stereocenters. The lowest BCUT2D eigenvalue weighted by Gasteiger charge is -2.31. The second kappa shape index (κ2) is 4.71. The third-order valence-electron chi connectivity index (χ3n) is 1.21. The van der Waals surface area contributed by atoms with Gasteiger partial charge in [-0.25, -0.2) is 0 Å². The molecule has 0 radical (unpaired) electrons. The minimum absolute atomic E-state index is 0.292. The Morgan fingerprint density at radius 1 is 1.08 bits per heavy atom. The summed E-state index contributed by atoms with van der Waals surface area (Å²) in [7, 11) is -3.41. The summed E-state index contributed by atoms with van der Waals surface area (Å²) in [5.41, 5.74) is 0. The third kappa shape index (κ3) is 7.23. The normalized spacial score (nSPS) is 14.5. The molecule has 0 spiro atoms. The van der Waals surface area contributed by atoms with E-state index >= 15 is 0 Å². The molecule has 74 valence electrons. The molecular weight excluding hydrogens is 200 g/mol. The van der Waals surface area contributed by atoms with E-state index < -0.39 is 16.9 Å². The van der Waals surface area contributed by atoms with Gasteiger partial charge in [-0.15, -0.1) is 0 Å². The van der Waals surface area contributed by atoms with Crippen molar-refractivity contribution in [1.29, 1.82) is 0 Å². The first-order chi connectivity index (χ1) is 5.27. The van der Waals surface area contributed by atoms with Gasteiger partial charge in [-0.1, -0.05) is 6.92 Å². The van der Waals surface area contributed by atoms with Crippen LogP contribution < -0.4 is 0 Å². The molecule has 0 saturated carbocycles. The molecule has 12 heavy (non-hydrogen) atoms. The molecule has 0 aromatic heterocycles. The van der Waals surface area contributed by atoms with Crippen LogP contribution in [0.3, 0.4) is 0 Å². The van der Waals surface area contributed by atoms with E-state index in [0.29, 0.717) is 0 Å². The van der Waals surface area contributed by atoms with E-state index in [4.69, 9.17) is 8.23 Å². The topological polar surface area (TPSA) is 18.5 Å². The monoisotopic (exact) mass is 222 g/mol. The van der Waals surface area contributed by atoms with Gasteiger partial charge in [0.15, 0.2) is 8.32 Å². The molecule has 0 aliphatic carbocycles. The molecule has 5 heteroatoms. The summed E-state index contributed by atoms with van der Waals surface area (Å²) in [5, 5.41) is 0. The highest BCUT2D eigenvalue weighted by atomic mass is 28.5. The lowest BCUT2D eigenvalue weighted by molar-refractivity contribution is 0.410. The predicted octanol–water partition coefficient (Wildman–Crippen LogP) is 2.08. The molecule has 0 rings (SSSR count). The molecule has 0 fully saturated rings. The first-order valence-corrected chi connectivity index (χ1v) is 12.4. The minimum atomic E-state index is -1.74. The maximum atomic E-state index is 6.02. The second-order valence-electron chi connectivity index (χ2n) is 4.46. The highest BCUT2D eigenvalue weighted by molar-refractivity contribution is 6.82. The highest BCUT2D eigenvalue weighted by Crippen LogP contribution is 2.14. The van der Waals surface area contributed by atoms with Crippen LogP contribution >= 0.6 is 0 Å². The van der Waals surface area contributed by atoms with Gasteiger partial charge in [-0.05, 0) is 38.8 Å². The van der Waals surface area contributed by atoms with E-state index in [1.807, 2.05) is 0 Å². The molecule has 0 aromatic rings. The first-order valence-electron chi connectivity index (χ1n) is 4.61. The fourth-order valence-corrected chi connectivity index (χ4v) is 10.6. The molecule has 0 N–H and O–H groups in total. The van der Waals surface area contributed by atoms with Crippen LogP contribution in [0, 0.1) is 0 Å². The molecule has 0 amide bonds. The quantitative estimate of drug-likeness (QED) is 0.663. The van der Waals surface area contributed by atoms with Crippen LogP contribution in [0.4, 0.5) is 0 Å². The number of hydrogen-bond acceptors (Lipinski definition) is 2. The van der Waals surface area contributed by atoms with Gasteiger partial charge in [-0.3, -0.25) is 0 Å². The van der Waals surface area contributed by atoms with Gasteiger partial charge in [0.1, 0.15) is 9.76 Å². The Morgan fingerprint density at radius 3 is 1.92 bits per heavy atom. The summed E-state index contributed by atoms with van der Waals surface area (Å²) in [4.78, 5) is 0. The van der Waals surface area contributed by atoms with Crippen molar-refractivity contribution in [3.63, 3.8) is 0 Å². The lowest BCUT2D eigenvalue weighted by Crippen LogP contribution is -2.45. The van der Waals surface area contributed by atoms with E-state index in [0.717, 1.165) is 0 Å². The summed E-state index contributed by atoms with van der Waals surface area (Å²) in [6.45, 7) is 13.2. The predicted molar refractivity (Wildman–Crippen MR) is 62.0 cm³/mol. The van der Waals surface area contributed by atoms with Gasteiger partial charge in [-0.2, -0.15) is 0 Å². The molecule has 0 unspecified atom stereocenters. The molecule has 0 heterocycles. The average Bonchev–Trinajstić information content (AvgIpc) is 1.78. The van der Waals surface area contributed by atoms with E-state index in [1.54, 1.807) is 0 Å². The van der Waals surface area contributed by atoms with Gasteiger partial charge in [0.2, 0.25) is 0 Å². The van der Waals surface area contributed by atoms with Crippen molar-refractivity contribution in [3.05, 3.63) is 0 Å².